The van der Waals surface area contributed by atoms with Crippen LogP contribution in [-0.4, -0.2) is 43.2 Å². The zero-order valence-electron chi connectivity index (χ0n) is 20.1. The lowest BCUT2D eigenvalue weighted by Crippen LogP contribution is -2.22. The van der Waals surface area contributed by atoms with Gasteiger partial charge >= 0.3 is 0 Å². The second kappa shape index (κ2) is 13.7. The van der Waals surface area contributed by atoms with Gasteiger partial charge in [0.25, 0.3) is 0 Å². The predicted octanol–water partition coefficient (Wildman–Crippen LogP) is 8.11. The Hall–Kier alpha value is -0.570. The minimum Gasteiger partial charge on any atom is -0.494 e. The van der Waals surface area contributed by atoms with Crippen molar-refractivity contribution < 1.29 is 14.3 Å². The number of methoxy groups -OCH3 is 2. The molecule has 7 nitrogen and oxygen atoms in total. The zero-order chi connectivity index (χ0) is 27.4. The number of nitrogens with two attached hydrogens (primary N) is 1. The van der Waals surface area contributed by atoms with Crippen LogP contribution in [0.5, 0.6) is 11.5 Å². The number of ether oxygens (including phenoxy) is 2. The molecular weight excluding hydrogens is 872 g/mol. The van der Waals surface area contributed by atoms with Gasteiger partial charge in [0.2, 0.25) is 5.91 Å². The van der Waals surface area contributed by atoms with Crippen molar-refractivity contribution in [2.75, 3.05) is 27.3 Å². The molecule has 13 heteroatoms. The van der Waals surface area contributed by atoms with Gasteiger partial charge in [0, 0.05) is 35.3 Å². The van der Waals surface area contributed by atoms with Crippen LogP contribution in [-0.2, 0) is 17.6 Å². The summed E-state index contributed by atoms with van der Waals surface area (Å²) in [5, 5.41) is 4.98. The molecule has 0 saturated carbocycles. The number of H-pyrrole nitrogens is 2. The SMILES string of the molecule is COc1c(Br)cc2[nH]c(Br)c(CCN)c2c1Br.COc1c(Br)cc2[nH]c(Br)c(CCNC(C)=O)c2c1Br. The van der Waals surface area contributed by atoms with Crippen LogP contribution in [0, 0.1) is 0 Å². The predicted molar refractivity (Wildman–Crippen MR) is 171 cm³/mol. The summed E-state index contributed by atoms with van der Waals surface area (Å²) >= 11 is 21.2. The van der Waals surface area contributed by atoms with Crippen molar-refractivity contribution in [2.24, 2.45) is 5.73 Å². The molecule has 0 spiro atoms. The number of carbonyl (C=O) groups excluding carboxylic acids is 1. The number of benzene rings is 2. The van der Waals surface area contributed by atoms with Gasteiger partial charge in [-0.15, -0.1) is 0 Å². The fourth-order valence-electron chi connectivity index (χ4n) is 3.95. The molecule has 37 heavy (non-hydrogen) atoms. The van der Waals surface area contributed by atoms with Crippen molar-refractivity contribution in [3.63, 3.8) is 0 Å². The highest BCUT2D eigenvalue weighted by Crippen LogP contribution is 2.44. The monoisotopic (exact) mass is 890 g/mol. The maximum absolute atomic E-state index is 11.0. The number of hydrogen-bond donors (Lipinski definition) is 4. The first-order chi connectivity index (χ1) is 17.5. The second-order valence-electron chi connectivity index (χ2n) is 7.86. The fourth-order valence-corrected chi connectivity index (χ4v) is 8.53. The fraction of sp³-hybridized carbons (Fsp3) is 0.292. The Balaban J connectivity index is 0.000000208. The van der Waals surface area contributed by atoms with Crippen LogP contribution in [0.4, 0.5) is 0 Å². The van der Waals surface area contributed by atoms with Gasteiger partial charge in [-0.2, -0.15) is 0 Å². The molecule has 4 aromatic rings. The number of aromatic amines is 2. The Bertz CT molecular complexity index is 1450. The lowest BCUT2D eigenvalue weighted by Gasteiger charge is -2.09. The summed E-state index contributed by atoms with van der Waals surface area (Å²) in [6.07, 6.45) is 1.54. The van der Waals surface area contributed by atoms with E-state index in [2.05, 4.69) is 111 Å². The first-order valence-corrected chi connectivity index (χ1v) is 15.7. The minimum atomic E-state index is -0.0274. The molecule has 0 fully saturated rings. The third-order valence-electron chi connectivity index (χ3n) is 5.53. The third kappa shape index (κ3) is 6.78. The number of carbonyl (C=O) groups is 1. The average Bonchev–Trinajstić information content (AvgIpc) is 3.30. The minimum absolute atomic E-state index is 0.0274. The van der Waals surface area contributed by atoms with Gasteiger partial charge in [0.1, 0.15) is 11.5 Å². The summed E-state index contributed by atoms with van der Waals surface area (Å²) in [7, 11) is 3.29. The van der Waals surface area contributed by atoms with Gasteiger partial charge in [-0.1, -0.05) is 0 Å². The van der Waals surface area contributed by atoms with E-state index < -0.39 is 0 Å². The van der Waals surface area contributed by atoms with Crippen LogP contribution in [0.25, 0.3) is 21.8 Å². The largest absolute Gasteiger partial charge is 0.494 e. The highest BCUT2D eigenvalue weighted by molar-refractivity contribution is 9.11. The van der Waals surface area contributed by atoms with Crippen LogP contribution in [0.3, 0.4) is 0 Å². The topological polar surface area (TPSA) is 105 Å². The highest BCUT2D eigenvalue weighted by atomic mass is 79.9. The second-order valence-corrected chi connectivity index (χ2v) is 12.7. The number of nitrogens with one attached hydrogen (secondary N) is 3. The molecule has 2 aromatic heterocycles. The molecule has 0 unspecified atom stereocenters. The lowest BCUT2D eigenvalue weighted by molar-refractivity contribution is -0.118. The molecule has 1 amide bonds. The molecule has 0 bridgehead atoms. The van der Waals surface area contributed by atoms with Crippen LogP contribution in [0.2, 0.25) is 0 Å². The van der Waals surface area contributed by atoms with Gasteiger partial charge in [-0.25, -0.2) is 0 Å². The normalized spacial score (nSPS) is 11.0. The van der Waals surface area contributed by atoms with Gasteiger partial charge in [-0.05, 0) is 138 Å². The first kappa shape index (κ1) is 31.0. The summed E-state index contributed by atoms with van der Waals surface area (Å²) in [5.41, 5.74) is 9.95. The molecule has 0 atom stereocenters. The Morgan fingerprint density at radius 2 is 1.27 bits per heavy atom. The van der Waals surface area contributed by atoms with E-state index in [0.29, 0.717) is 13.1 Å². The molecule has 0 radical (unpaired) electrons. The third-order valence-corrected chi connectivity index (χ3v) is 9.57. The zero-order valence-corrected chi connectivity index (χ0v) is 29.6. The summed E-state index contributed by atoms with van der Waals surface area (Å²) in [6.45, 7) is 2.71. The van der Waals surface area contributed by atoms with E-state index in [1.165, 1.54) is 12.5 Å². The van der Waals surface area contributed by atoms with Gasteiger partial charge in [0.15, 0.2) is 0 Å². The quantitative estimate of drug-likeness (QED) is 0.151. The van der Waals surface area contributed by atoms with E-state index in [1.807, 2.05) is 12.1 Å². The molecule has 2 heterocycles. The smallest absolute Gasteiger partial charge is 0.216 e. The summed E-state index contributed by atoms with van der Waals surface area (Å²) in [5.74, 6) is 1.52. The van der Waals surface area contributed by atoms with Crippen molar-refractivity contribution in [3.8, 4) is 11.5 Å². The molecule has 5 N–H and O–H groups in total. The van der Waals surface area contributed by atoms with E-state index in [4.69, 9.17) is 15.2 Å². The van der Waals surface area contributed by atoms with E-state index in [0.717, 1.165) is 78.8 Å². The van der Waals surface area contributed by atoms with E-state index in [-0.39, 0.29) is 5.91 Å². The van der Waals surface area contributed by atoms with E-state index in [1.54, 1.807) is 14.2 Å². The van der Waals surface area contributed by atoms with Gasteiger partial charge in [0.05, 0.1) is 41.3 Å². The maximum Gasteiger partial charge on any atom is 0.216 e. The first-order valence-electron chi connectivity index (χ1n) is 10.9. The van der Waals surface area contributed by atoms with Crippen molar-refractivity contribution >= 4 is 123 Å². The Kier molecular flexibility index (Phi) is 11.4. The molecule has 4 rings (SSSR count). The maximum atomic E-state index is 11.0. The van der Waals surface area contributed by atoms with Crippen LogP contribution < -0.4 is 20.5 Å². The summed E-state index contributed by atoms with van der Waals surface area (Å²) < 4.78 is 16.3. The highest BCUT2D eigenvalue weighted by Gasteiger charge is 2.19. The summed E-state index contributed by atoms with van der Waals surface area (Å²) in [4.78, 5) is 17.5. The number of amides is 1. The van der Waals surface area contributed by atoms with Crippen molar-refractivity contribution in [2.45, 2.75) is 19.8 Å². The van der Waals surface area contributed by atoms with Crippen molar-refractivity contribution in [3.05, 3.63) is 50.4 Å². The van der Waals surface area contributed by atoms with Crippen LogP contribution in [0.15, 0.2) is 39.2 Å². The van der Waals surface area contributed by atoms with Gasteiger partial charge in [-0.3, -0.25) is 4.79 Å². The number of rotatable bonds is 7. The average molecular weight is 896 g/mol. The molecule has 0 aliphatic heterocycles. The lowest BCUT2D eigenvalue weighted by atomic mass is 10.1. The number of halogens is 6. The number of hydrogen-bond acceptors (Lipinski definition) is 4. The number of fused-ring (bicyclic) bond motifs is 2. The Morgan fingerprint density at radius 1 is 0.838 bits per heavy atom. The van der Waals surface area contributed by atoms with Crippen LogP contribution >= 0.6 is 95.6 Å². The molecule has 0 aliphatic carbocycles. The van der Waals surface area contributed by atoms with Crippen molar-refractivity contribution in [1.29, 1.82) is 0 Å². The van der Waals surface area contributed by atoms with E-state index in [9.17, 15) is 4.79 Å². The van der Waals surface area contributed by atoms with E-state index >= 15 is 0 Å². The standard InChI is InChI=1S/C13H13Br3N2O2.C11H11Br3N2O/c1-6(19)17-4-3-7-10-9(18-13(7)16)5-8(14)12(20-2)11(10)15;1-17-10-6(12)4-7-8(9(10)13)5(2-3-15)11(14)16-7/h5,18H,3-4H2,1-2H3,(H,17,19);4,16H,2-3,15H2,1H3. The van der Waals surface area contributed by atoms with Crippen molar-refractivity contribution in [1.82, 2.24) is 15.3 Å². The van der Waals surface area contributed by atoms with Gasteiger partial charge < -0.3 is 30.5 Å². The molecule has 2 aromatic carbocycles. The Morgan fingerprint density at radius 3 is 1.65 bits per heavy atom. The number of aromatic nitrogens is 2. The molecular formula is C24H24Br6N4O3. The Labute approximate surface area is 265 Å². The summed E-state index contributed by atoms with van der Waals surface area (Å²) in [6, 6.07) is 3.98. The molecule has 200 valence electrons. The van der Waals surface area contributed by atoms with Crippen LogP contribution in [0.1, 0.15) is 18.1 Å². The molecule has 0 aliphatic rings. The molecule has 0 saturated heterocycles.